The van der Waals surface area contributed by atoms with Gasteiger partial charge in [-0.3, -0.25) is 0 Å². The predicted octanol–water partition coefficient (Wildman–Crippen LogP) is 3.35. The van der Waals surface area contributed by atoms with Gasteiger partial charge in [-0.05, 0) is 36.6 Å². The van der Waals surface area contributed by atoms with Crippen LogP contribution in [0.2, 0.25) is 0 Å². The molecule has 2 aromatic rings. The minimum Gasteiger partial charge on any atom is -0.369 e. The van der Waals surface area contributed by atoms with Gasteiger partial charge in [0.15, 0.2) is 0 Å². The summed E-state index contributed by atoms with van der Waals surface area (Å²) >= 11 is 0. The number of nitrogens with two attached hydrogens (primary N) is 1. The van der Waals surface area contributed by atoms with E-state index < -0.39 is 0 Å². The van der Waals surface area contributed by atoms with Gasteiger partial charge < -0.3 is 10.6 Å². The summed E-state index contributed by atoms with van der Waals surface area (Å²) in [6.07, 6.45) is 0.871. The second kappa shape index (κ2) is 7.06. The summed E-state index contributed by atoms with van der Waals surface area (Å²) in [5, 5.41) is 0. The molecule has 0 fully saturated rings. The van der Waals surface area contributed by atoms with E-state index in [0.29, 0.717) is 12.2 Å². The second-order valence-corrected chi connectivity index (χ2v) is 4.75. The molecule has 0 unspecified atom stereocenters. The molecule has 3 heteroatoms. The van der Waals surface area contributed by atoms with Crippen molar-refractivity contribution in [2.24, 2.45) is 5.73 Å². The molecular weight excluding hydrogens is 251 g/mol. The van der Waals surface area contributed by atoms with Crippen LogP contribution >= 0.6 is 0 Å². The van der Waals surface area contributed by atoms with Gasteiger partial charge in [0.1, 0.15) is 5.82 Å². The van der Waals surface area contributed by atoms with Crippen molar-refractivity contribution in [3.8, 4) is 0 Å². The Bertz CT molecular complexity index is 554. The van der Waals surface area contributed by atoms with Gasteiger partial charge in [0.25, 0.3) is 0 Å². The largest absolute Gasteiger partial charge is 0.369 e. The fourth-order valence-corrected chi connectivity index (χ4v) is 2.41. The second-order valence-electron chi connectivity index (χ2n) is 4.75. The number of likely N-dealkylation sites (N-methyl/N-ethyl adjacent to an activating group) is 1. The Hall–Kier alpha value is -1.87. The summed E-state index contributed by atoms with van der Waals surface area (Å²) in [5.41, 5.74) is 8.82. The molecule has 2 aromatic carbocycles. The third kappa shape index (κ3) is 3.36. The van der Waals surface area contributed by atoms with Crippen molar-refractivity contribution >= 4 is 5.69 Å². The van der Waals surface area contributed by atoms with E-state index in [1.54, 1.807) is 6.07 Å². The number of benzene rings is 2. The molecule has 0 heterocycles. The molecule has 0 bridgehead atoms. The fourth-order valence-electron chi connectivity index (χ4n) is 2.41. The Morgan fingerprint density at radius 2 is 1.65 bits per heavy atom. The molecule has 2 nitrogen and oxygen atoms in total. The van der Waals surface area contributed by atoms with Crippen molar-refractivity contribution < 1.29 is 4.39 Å². The van der Waals surface area contributed by atoms with Gasteiger partial charge in [-0.1, -0.05) is 36.4 Å². The van der Waals surface area contributed by atoms with E-state index in [0.717, 1.165) is 25.1 Å². The lowest BCUT2D eigenvalue weighted by Crippen LogP contribution is -2.26. The molecule has 0 radical (unpaired) electrons. The first-order valence-electron chi connectivity index (χ1n) is 7.02. The minimum absolute atomic E-state index is 0.165. The predicted molar refractivity (Wildman–Crippen MR) is 82.3 cm³/mol. The van der Waals surface area contributed by atoms with Crippen molar-refractivity contribution in [3.05, 3.63) is 65.5 Å². The topological polar surface area (TPSA) is 29.3 Å². The van der Waals surface area contributed by atoms with E-state index in [4.69, 9.17) is 5.73 Å². The maximum absolute atomic E-state index is 13.8. The summed E-state index contributed by atoms with van der Waals surface area (Å²) in [6.45, 7) is 4.16. The summed E-state index contributed by atoms with van der Waals surface area (Å²) < 4.78 is 13.8. The third-order valence-electron chi connectivity index (χ3n) is 3.56. The lowest BCUT2D eigenvalue weighted by atomic mass is 10.0. The van der Waals surface area contributed by atoms with Gasteiger partial charge in [-0.15, -0.1) is 0 Å². The average Bonchev–Trinajstić information content (AvgIpc) is 2.50. The Labute approximate surface area is 120 Å². The quantitative estimate of drug-likeness (QED) is 0.873. The van der Waals surface area contributed by atoms with Crippen LogP contribution in [0.4, 0.5) is 10.1 Å². The first-order valence-corrected chi connectivity index (χ1v) is 7.02. The Kier molecular flexibility index (Phi) is 5.13. The van der Waals surface area contributed by atoms with Crippen molar-refractivity contribution in [2.75, 3.05) is 18.0 Å². The number of nitrogens with zero attached hydrogens (tertiary/aromatic N) is 1. The van der Waals surface area contributed by atoms with Crippen LogP contribution in [-0.4, -0.2) is 13.1 Å². The summed E-state index contributed by atoms with van der Waals surface area (Å²) in [6, 6.07) is 15.1. The van der Waals surface area contributed by atoms with Gasteiger partial charge >= 0.3 is 0 Å². The van der Waals surface area contributed by atoms with Crippen LogP contribution in [0.3, 0.4) is 0 Å². The van der Waals surface area contributed by atoms with Gasteiger partial charge in [0.2, 0.25) is 0 Å². The zero-order valence-electron chi connectivity index (χ0n) is 11.8. The molecule has 0 aromatic heterocycles. The van der Waals surface area contributed by atoms with Crippen molar-refractivity contribution in [2.45, 2.75) is 19.9 Å². The first-order chi connectivity index (χ1) is 9.76. The Morgan fingerprint density at radius 1 is 1.00 bits per heavy atom. The van der Waals surface area contributed by atoms with E-state index in [1.165, 1.54) is 11.6 Å². The van der Waals surface area contributed by atoms with E-state index in [1.807, 2.05) is 31.2 Å². The molecule has 0 spiro atoms. The third-order valence-corrected chi connectivity index (χ3v) is 3.56. The SMILES string of the molecule is CCN(CCc1ccccc1CN)c1ccccc1F. The molecule has 0 aliphatic rings. The van der Waals surface area contributed by atoms with Crippen LogP contribution in [0.25, 0.3) is 0 Å². The van der Waals surface area contributed by atoms with Crippen molar-refractivity contribution in [3.63, 3.8) is 0 Å². The molecule has 0 amide bonds. The zero-order valence-corrected chi connectivity index (χ0v) is 11.8. The van der Waals surface area contributed by atoms with Crippen LogP contribution in [0.15, 0.2) is 48.5 Å². The smallest absolute Gasteiger partial charge is 0.146 e. The maximum Gasteiger partial charge on any atom is 0.146 e. The monoisotopic (exact) mass is 272 g/mol. The minimum atomic E-state index is -0.165. The Morgan fingerprint density at radius 3 is 2.30 bits per heavy atom. The van der Waals surface area contributed by atoms with E-state index in [2.05, 4.69) is 17.0 Å². The Balaban J connectivity index is 2.10. The molecule has 20 heavy (non-hydrogen) atoms. The van der Waals surface area contributed by atoms with Crippen LogP contribution in [0.1, 0.15) is 18.1 Å². The van der Waals surface area contributed by atoms with Crippen LogP contribution in [-0.2, 0) is 13.0 Å². The van der Waals surface area contributed by atoms with Gasteiger partial charge in [0, 0.05) is 19.6 Å². The first kappa shape index (κ1) is 14.5. The molecule has 0 atom stereocenters. The van der Waals surface area contributed by atoms with Crippen LogP contribution in [0, 0.1) is 5.82 Å². The number of para-hydroxylation sites is 1. The normalized spacial score (nSPS) is 10.6. The molecule has 0 aliphatic carbocycles. The molecule has 106 valence electrons. The molecule has 0 aliphatic heterocycles. The summed E-state index contributed by atoms with van der Waals surface area (Å²) in [7, 11) is 0. The molecule has 0 saturated heterocycles. The van der Waals surface area contributed by atoms with Crippen molar-refractivity contribution in [1.82, 2.24) is 0 Å². The number of rotatable bonds is 6. The lowest BCUT2D eigenvalue weighted by molar-refractivity contribution is 0.617. The lowest BCUT2D eigenvalue weighted by Gasteiger charge is -2.24. The van der Waals surface area contributed by atoms with Crippen LogP contribution in [0.5, 0.6) is 0 Å². The van der Waals surface area contributed by atoms with E-state index in [9.17, 15) is 4.39 Å². The molecular formula is C17H21FN2. The van der Waals surface area contributed by atoms with Crippen LogP contribution < -0.4 is 10.6 Å². The molecule has 2 rings (SSSR count). The highest BCUT2D eigenvalue weighted by Crippen LogP contribution is 2.19. The highest BCUT2D eigenvalue weighted by atomic mass is 19.1. The molecule has 0 saturated carbocycles. The van der Waals surface area contributed by atoms with E-state index >= 15 is 0 Å². The van der Waals surface area contributed by atoms with Gasteiger partial charge in [-0.2, -0.15) is 0 Å². The van der Waals surface area contributed by atoms with Gasteiger partial charge in [0.05, 0.1) is 5.69 Å². The molecule has 2 N–H and O–H groups in total. The van der Waals surface area contributed by atoms with Gasteiger partial charge in [-0.25, -0.2) is 4.39 Å². The average molecular weight is 272 g/mol. The number of halogens is 1. The standard InChI is InChI=1S/C17H21FN2/c1-2-20(17-10-6-5-9-16(17)18)12-11-14-7-3-4-8-15(14)13-19/h3-10H,2,11-13,19H2,1H3. The van der Waals surface area contributed by atoms with Crippen molar-refractivity contribution in [1.29, 1.82) is 0 Å². The maximum atomic E-state index is 13.8. The summed E-state index contributed by atoms with van der Waals surface area (Å²) in [5.74, 6) is -0.165. The summed E-state index contributed by atoms with van der Waals surface area (Å²) in [4.78, 5) is 2.06. The number of anilines is 1. The zero-order chi connectivity index (χ0) is 14.4. The number of hydrogen-bond acceptors (Lipinski definition) is 2. The highest BCUT2D eigenvalue weighted by Gasteiger charge is 2.10. The fraction of sp³-hybridized carbons (Fsp3) is 0.294. The van der Waals surface area contributed by atoms with E-state index in [-0.39, 0.29) is 5.82 Å². The highest BCUT2D eigenvalue weighted by molar-refractivity contribution is 5.47. The number of hydrogen-bond donors (Lipinski definition) is 1.